The average molecular weight is 479 g/mol. The SMILES string of the molecule is COc1cc(C2CNCC23CCCN([C@@H](CO)c2ccc(F)cc2)C3=O)ccc1-n1cnc(C)c1. The van der Waals surface area contributed by atoms with Crippen molar-refractivity contribution < 1.29 is 19.0 Å². The Hall–Kier alpha value is -3.23. The number of aryl methyl sites for hydroxylation is 1. The molecule has 3 atom stereocenters. The molecule has 3 aromatic rings. The number of nitrogens with one attached hydrogen (secondary N) is 1. The summed E-state index contributed by atoms with van der Waals surface area (Å²) in [5.74, 6) is 0.394. The van der Waals surface area contributed by atoms with E-state index in [0.29, 0.717) is 19.6 Å². The lowest BCUT2D eigenvalue weighted by atomic mass is 9.68. The smallest absolute Gasteiger partial charge is 0.231 e. The normalized spacial score (nSPS) is 23.1. The van der Waals surface area contributed by atoms with Crippen LogP contribution < -0.4 is 10.1 Å². The number of aromatic nitrogens is 2. The van der Waals surface area contributed by atoms with Crippen molar-refractivity contribution in [3.8, 4) is 11.4 Å². The molecule has 1 amide bonds. The molecule has 2 aliphatic rings. The Morgan fingerprint density at radius 1 is 1.29 bits per heavy atom. The number of carbonyl (C=O) groups excluding carboxylic acids is 1. The van der Waals surface area contributed by atoms with Gasteiger partial charge in [-0.1, -0.05) is 18.2 Å². The monoisotopic (exact) mass is 478 g/mol. The lowest BCUT2D eigenvalue weighted by molar-refractivity contribution is -0.150. The van der Waals surface area contributed by atoms with E-state index in [1.807, 2.05) is 29.8 Å². The van der Waals surface area contributed by atoms with E-state index in [0.717, 1.165) is 41.1 Å². The third-order valence-electron chi connectivity index (χ3n) is 7.56. The van der Waals surface area contributed by atoms with Crippen LogP contribution in [0.25, 0.3) is 5.69 Å². The highest BCUT2D eigenvalue weighted by Crippen LogP contribution is 2.48. The molecule has 2 saturated heterocycles. The fraction of sp³-hybridized carbons (Fsp3) is 0.407. The predicted octanol–water partition coefficient (Wildman–Crippen LogP) is 3.36. The second-order valence-electron chi connectivity index (χ2n) is 9.55. The lowest BCUT2D eigenvalue weighted by Gasteiger charge is -2.45. The van der Waals surface area contributed by atoms with Gasteiger partial charge in [-0.15, -0.1) is 0 Å². The number of piperidine rings is 1. The van der Waals surface area contributed by atoms with Crippen LogP contribution in [-0.4, -0.2) is 58.8 Å². The first-order valence-electron chi connectivity index (χ1n) is 12.0. The summed E-state index contributed by atoms with van der Waals surface area (Å²) in [6.07, 6.45) is 5.32. The van der Waals surface area contributed by atoms with Crippen molar-refractivity contribution in [1.29, 1.82) is 0 Å². The Labute approximate surface area is 204 Å². The first kappa shape index (κ1) is 23.5. The maximum atomic E-state index is 14.1. The van der Waals surface area contributed by atoms with E-state index >= 15 is 0 Å². The number of ether oxygens (including phenoxy) is 1. The summed E-state index contributed by atoms with van der Waals surface area (Å²) in [5, 5.41) is 13.7. The molecule has 2 aliphatic heterocycles. The maximum Gasteiger partial charge on any atom is 0.231 e. The molecule has 0 radical (unpaired) electrons. The van der Waals surface area contributed by atoms with Crippen LogP contribution in [0.5, 0.6) is 5.75 Å². The molecule has 0 bridgehead atoms. The summed E-state index contributed by atoms with van der Waals surface area (Å²) in [6, 6.07) is 11.7. The number of aliphatic hydroxyl groups excluding tert-OH is 1. The molecule has 0 saturated carbocycles. The van der Waals surface area contributed by atoms with E-state index in [2.05, 4.69) is 16.4 Å². The fourth-order valence-corrected chi connectivity index (χ4v) is 5.79. The number of hydrogen-bond donors (Lipinski definition) is 2. The zero-order chi connectivity index (χ0) is 24.6. The van der Waals surface area contributed by atoms with E-state index in [-0.39, 0.29) is 24.2 Å². The molecule has 5 rings (SSSR count). The third kappa shape index (κ3) is 4.10. The molecule has 2 aromatic carbocycles. The molecule has 8 heteroatoms. The highest BCUT2D eigenvalue weighted by molar-refractivity contribution is 5.86. The van der Waals surface area contributed by atoms with Gasteiger partial charge in [0.2, 0.25) is 5.91 Å². The first-order valence-corrected chi connectivity index (χ1v) is 12.0. The van der Waals surface area contributed by atoms with Crippen LogP contribution >= 0.6 is 0 Å². The van der Waals surface area contributed by atoms with Gasteiger partial charge in [0.1, 0.15) is 11.6 Å². The molecule has 2 fully saturated rings. The highest BCUT2D eigenvalue weighted by atomic mass is 19.1. The summed E-state index contributed by atoms with van der Waals surface area (Å²) in [7, 11) is 1.65. The van der Waals surface area contributed by atoms with Gasteiger partial charge >= 0.3 is 0 Å². The molecule has 35 heavy (non-hydrogen) atoms. The summed E-state index contributed by atoms with van der Waals surface area (Å²) in [4.78, 5) is 20.2. The van der Waals surface area contributed by atoms with E-state index in [9.17, 15) is 14.3 Å². The zero-order valence-corrected chi connectivity index (χ0v) is 20.1. The zero-order valence-electron chi connectivity index (χ0n) is 20.1. The van der Waals surface area contributed by atoms with E-state index in [1.165, 1.54) is 12.1 Å². The van der Waals surface area contributed by atoms with Gasteiger partial charge in [0.15, 0.2) is 0 Å². The Balaban J connectivity index is 1.47. The largest absolute Gasteiger partial charge is 0.495 e. The molecule has 0 aliphatic carbocycles. The van der Waals surface area contributed by atoms with Crippen LogP contribution in [0.2, 0.25) is 0 Å². The van der Waals surface area contributed by atoms with E-state index in [1.54, 1.807) is 30.5 Å². The Bertz CT molecular complexity index is 1210. The van der Waals surface area contributed by atoms with Gasteiger partial charge in [0.05, 0.1) is 42.9 Å². The van der Waals surface area contributed by atoms with Crippen molar-refractivity contribution in [3.63, 3.8) is 0 Å². The van der Waals surface area contributed by atoms with E-state index in [4.69, 9.17) is 4.74 Å². The van der Waals surface area contributed by atoms with Gasteiger partial charge in [0.25, 0.3) is 0 Å². The molecule has 2 N–H and O–H groups in total. The molecule has 184 valence electrons. The number of imidazole rings is 1. The standard InChI is InChI=1S/C27H31FN4O3/c1-18-14-31(17-30-18)23-9-6-20(12-25(23)35-2)22-13-29-16-27(22)10-3-11-32(26(27)34)24(15-33)19-4-7-21(28)8-5-19/h4-9,12,14,17,22,24,29,33H,3,10-11,13,15-16H2,1-2H3/t22?,24-,27?/m0/s1. The predicted molar refractivity (Wildman–Crippen MR) is 130 cm³/mol. The number of rotatable bonds is 6. The minimum absolute atomic E-state index is 0.0298. The van der Waals surface area contributed by atoms with Gasteiger partial charge in [-0.2, -0.15) is 0 Å². The third-order valence-corrected chi connectivity index (χ3v) is 7.56. The number of likely N-dealkylation sites (tertiary alicyclic amines) is 1. The minimum Gasteiger partial charge on any atom is -0.495 e. The maximum absolute atomic E-state index is 14.1. The number of benzene rings is 2. The topological polar surface area (TPSA) is 79.6 Å². The van der Waals surface area contributed by atoms with Gasteiger partial charge in [-0.25, -0.2) is 9.37 Å². The van der Waals surface area contributed by atoms with Gasteiger partial charge < -0.3 is 24.6 Å². The summed E-state index contributed by atoms with van der Waals surface area (Å²) >= 11 is 0. The average Bonchev–Trinajstić information content (AvgIpc) is 3.50. The highest BCUT2D eigenvalue weighted by Gasteiger charge is 2.53. The van der Waals surface area contributed by atoms with Crippen LogP contribution in [-0.2, 0) is 4.79 Å². The second-order valence-corrected chi connectivity index (χ2v) is 9.55. The van der Waals surface area contributed by atoms with Crippen LogP contribution in [0.4, 0.5) is 4.39 Å². The molecular weight excluding hydrogens is 447 g/mol. The minimum atomic E-state index is -0.607. The Morgan fingerprint density at radius 3 is 2.77 bits per heavy atom. The van der Waals surface area contributed by atoms with Crippen molar-refractivity contribution in [1.82, 2.24) is 19.8 Å². The Morgan fingerprint density at radius 2 is 2.09 bits per heavy atom. The molecule has 1 aromatic heterocycles. The molecule has 1 spiro atoms. The fourth-order valence-electron chi connectivity index (χ4n) is 5.79. The molecule has 7 nitrogen and oxygen atoms in total. The van der Waals surface area contributed by atoms with Crippen molar-refractivity contribution in [2.45, 2.75) is 31.7 Å². The number of halogens is 1. The van der Waals surface area contributed by atoms with Crippen molar-refractivity contribution in [3.05, 3.63) is 77.6 Å². The lowest BCUT2D eigenvalue weighted by Crippen LogP contribution is -2.53. The van der Waals surface area contributed by atoms with Crippen LogP contribution in [0.3, 0.4) is 0 Å². The quantitative estimate of drug-likeness (QED) is 0.568. The molecule has 3 heterocycles. The second kappa shape index (κ2) is 9.43. The molecule has 2 unspecified atom stereocenters. The number of methoxy groups -OCH3 is 1. The van der Waals surface area contributed by atoms with Crippen molar-refractivity contribution in [2.75, 3.05) is 33.4 Å². The number of carbonyl (C=O) groups is 1. The van der Waals surface area contributed by atoms with E-state index < -0.39 is 11.5 Å². The summed E-state index contributed by atoms with van der Waals surface area (Å²) < 4.78 is 21.1. The van der Waals surface area contributed by atoms with Crippen LogP contribution in [0.15, 0.2) is 55.0 Å². The number of nitrogens with zero attached hydrogens (tertiary/aromatic N) is 3. The van der Waals surface area contributed by atoms with Crippen LogP contribution in [0.1, 0.15) is 41.6 Å². The van der Waals surface area contributed by atoms with Crippen molar-refractivity contribution >= 4 is 5.91 Å². The van der Waals surface area contributed by atoms with Gasteiger partial charge in [0, 0.05) is 31.7 Å². The Kier molecular flexibility index (Phi) is 6.34. The molecular formula is C27H31FN4O3. The van der Waals surface area contributed by atoms with Gasteiger partial charge in [-0.05, 0) is 55.2 Å². The summed E-state index contributed by atoms with van der Waals surface area (Å²) in [5.41, 5.74) is 2.99. The first-order chi connectivity index (χ1) is 17.0. The van der Waals surface area contributed by atoms with Crippen LogP contribution in [0, 0.1) is 18.2 Å². The number of aliphatic hydroxyl groups is 1. The van der Waals surface area contributed by atoms with Gasteiger partial charge in [-0.3, -0.25) is 4.79 Å². The summed E-state index contributed by atoms with van der Waals surface area (Å²) in [6.45, 7) is 3.57. The number of hydrogen-bond acceptors (Lipinski definition) is 5. The number of amides is 1. The van der Waals surface area contributed by atoms with Crippen molar-refractivity contribution in [2.24, 2.45) is 5.41 Å².